The topological polar surface area (TPSA) is 123 Å². The average Bonchev–Trinajstić information content (AvgIpc) is 3.16. The Morgan fingerprint density at radius 1 is 1.07 bits per heavy atom. The van der Waals surface area contributed by atoms with E-state index in [-0.39, 0.29) is 17.4 Å². The highest BCUT2D eigenvalue weighted by atomic mass is 32.2. The quantitative estimate of drug-likeness (QED) is 0.546. The van der Waals surface area contributed by atoms with Crippen LogP contribution in [0.5, 0.6) is 0 Å². The van der Waals surface area contributed by atoms with Crippen LogP contribution in [0.1, 0.15) is 30.8 Å². The zero-order valence-electron chi connectivity index (χ0n) is 15.8. The molecule has 0 bridgehead atoms. The average molecular weight is 442 g/mol. The zero-order valence-corrected chi connectivity index (χ0v) is 16.6. The first kappa shape index (κ1) is 21.6. The van der Waals surface area contributed by atoms with Crippen molar-refractivity contribution in [2.24, 2.45) is 0 Å². The number of benzene rings is 1. The molecule has 160 valence electrons. The summed E-state index contributed by atoms with van der Waals surface area (Å²) in [6.07, 6.45) is 0.700. The molecule has 1 aromatic carbocycles. The summed E-state index contributed by atoms with van der Waals surface area (Å²) in [5.74, 6) is -1.31. The van der Waals surface area contributed by atoms with E-state index in [1.807, 2.05) is 0 Å². The largest absolute Gasteiger partial charge is 0.415 e. The molecule has 0 aliphatic heterocycles. The van der Waals surface area contributed by atoms with Crippen LogP contribution in [0.25, 0.3) is 11.5 Å². The molecule has 0 saturated heterocycles. The number of sulfonamides is 1. The van der Waals surface area contributed by atoms with Gasteiger partial charge in [0.25, 0.3) is 11.8 Å². The molecule has 0 radical (unpaired) electrons. The normalized spacial score (nSPS) is 13.9. The molecule has 9 nitrogen and oxygen atoms in total. The van der Waals surface area contributed by atoms with Gasteiger partial charge in [0, 0.05) is 18.4 Å². The summed E-state index contributed by atoms with van der Waals surface area (Å²) in [5.41, 5.74) is 0.812. The van der Waals surface area contributed by atoms with E-state index in [2.05, 4.69) is 30.2 Å². The highest BCUT2D eigenvalue weighted by Gasteiger charge is 2.23. The van der Waals surface area contributed by atoms with Crippen LogP contribution in [-0.2, 0) is 10.0 Å². The second-order valence-corrected chi connectivity index (χ2v) is 8.17. The molecule has 0 fully saturated rings. The molecule has 13 heteroatoms. The van der Waals surface area contributed by atoms with Gasteiger partial charge in [-0.05, 0) is 24.6 Å². The van der Waals surface area contributed by atoms with Crippen molar-refractivity contribution in [1.29, 1.82) is 0 Å². The van der Waals surface area contributed by atoms with Gasteiger partial charge < -0.3 is 9.73 Å². The molecule has 2 N–H and O–H groups in total. The SMILES string of the molecule is CC(NS(C)(=O)=O)[C@@H](Nc1ncc(-c2nnc(C(F)F)o2)cn1)c1ccc(F)cc1. The summed E-state index contributed by atoms with van der Waals surface area (Å²) in [5, 5.41) is 9.73. The Hall–Kier alpha value is -3.06. The van der Waals surface area contributed by atoms with Crippen LogP contribution in [0.3, 0.4) is 0 Å². The summed E-state index contributed by atoms with van der Waals surface area (Å²) >= 11 is 0. The summed E-state index contributed by atoms with van der Waals surface area (Å²) in [4.78, 5) is 8.16. The van der Waals surface area contributed by atoms with Crippen molar-refractivity contribution in [2.45, 2.75) is 25.4 Å². The van der Waals surface area contributed by atoms with Gasteiger partial charge in [0.15, 0.2) is 0 Å². The molecule has 0 saturated carbocycles. The Balaban J connectivity index is 1.83. The Morgan fingerprint density at radius 3 is 2.23 bits per heavy atom. The first-order valence-electron chi connectivity index (χ1n) is 8.55. The lowest BCUT2D eigenvalue weighted by molar-refractivity contribution is 0.116. The molecule has 3 rings (SSSR count). The summed E-state index contributed by atoms with van der Waals surface area (Å²) in [6, 6.07) is 4.23. The van der Waals surface area contributed by atoms with Gasteiger partial charge in [0.1, 0.15) is 5.82 Å². The van der Waals surface area contributed by atoms with Gasteiger partial charge >= 0.3 is 6.43 Å². The van der Waals surface area contributed by atoms with Crippen LogP contribution in [0.2, 0.25) is 0 Å². The first-order valence-corrected chi connectivity index (χ1v) is 10.4. The number of hydrogen-bond acceptors (Lipinski definition) is 8. The van der Waals surface area contributed by atoms with Gasteiger partial charge in [0.05, 0.1) is 17.9 Å². The lowest BCUT2D eigenvalue weighted by Crippen LogP contribution is -2.39. The predicted molar refractivity (Wildman–Crippen MR) is 100 cm³/mol. The van der Waals surface area contributed by atoms with Crippen molar-refractivity contribution in [3.63, 3.8) is 0 Å². The molecule has 2 heterocycles. The van der Waals surface area contributed by atoms with Crippen molar-refractivity contribution < 1.29 is 26.0 Å². The molecular weight excluding hydrogens is 425 g/mol. The van der Waals surface area contributed by atoms with E-state index >= 15 is 0 Å². The Morgan fingerprint density at radius 2 is 1.70 bits per heavy atom. The van der Waals surface area contributed by atoms with Crippen LogP contribution in [0, 0.1) is 5.82 Å². The minimum absolute atomic E-state index is 0.115. The predicted octanol–water partition coefficient (Wildman–Crippen LogP) is 2.69. The number of alkyl halides is 2. The summed E-state index contributed by atoms with van der Waals surface area (Å²) in [6.45, 7) is 1.63. The monoisotopic (exact) mass is 442 g/mol. The number of anilines is 1. The van der Waals surface area contributed by atoms with Gasteiger partial charge in [-0.25, -0.2) is 27.5 Å². The fraction of sp³-hybridized carbons (Fsp3) is 0.294. The smallest absolute Gasteiger partial charge is 0.314 e. The molecule has 0 aliphatic rings. The Labute approximate surface area is 169 Å². The van der Waals surface area contributed by atoms with E-state index < -0.39 is 40.2 Å². The summed E-state index contributed by atoms with van der Waals surface area (Å²) in [7, 11) is -3.52. The highest BCUT2D eigenvalue weighted by Crippen LogP contribution is 2.25. The molecule has 0 amide bonds. The molecule has 2 aromatic heterocycles. The second-order valence-electron chi connectivity index (χ2n) is 6.39. The van der Waals surface area contributed by atoms with E-state index in [9.17, 15) is 21.6 Å². The van der Waals surface area contributed by atoms with Crippen molar-refractivity contribution in [3.05, 3.63) is 53.9 Å². The third kappa shape index (κ3) is 5.51. The van der Waals surface area contributed by atoms with Crippen molar-refractivity contribution in [2.75, 3.05) is 11.6 Å². The highest BCUT2D eigenvalue weighted by molar-refractivity contribution is 7.88. The molecule has 0 spiro atoms. The standard InChI is InChI=1S/C17H17F3N6O3S/c1-9(26-30(2,27)28)13(10-3-5-12(18)6-4-10)23-17-21-7-11(8-22-17)15-24-25-16(29-15)14(19)20/h3-9,13-14,26H,1-2H3,(H,21,22,23)/t9?,13-/m1/s1. The Kier molecular flexibility index (Phi) is 6.31. The van der Waals surface area contributed by atoms with Crippen LogP contribution in [0.4, 0.5) is 19.1 Å². The van der Waals surface area contributed by atoms with Crippen molar-refractivity contribution in [3.8, 4) is 11.5 Å². The summed E-state index contributed by atoms with van der Waals surface area (Å²) < 4.78 is 69.0. The zero-order chi connectivity index (χ0) is 21.9. The number of hydrogen-bond donors (Lipinski definition) is 2. The third-order valence-corrected chi connectivity index (χ3v) is 4.74. The van der Waals surface area contributed by atoms with Gasteiger partial charge in [-0.2, -0.15) is 8.78 Å². The van der Waals surface area contributed by atoms with Crippen LogP contribution in [-0.4, -0.2) is 40.9 Å². The lowest BCUT2D eigenvalue weighted by Gasteiger charge is -2.26. The number of aromatic nitrogens is 4. The van der Waals surface area contributed by atoms with Gasteiger partial charge in [0.2, 0.25) is 16.0 Å². The maximum Gasteiger partial charge on any atom is 0.314 e. The molecule has 2 atom stereocenters. The molecule has 30 heavy (non-hydrogen) atoms. The maximum absolute atomic E-state index is 13.3. The fourth-order valence-electron chi connectivity index (χ4n) is 2.66. The molecular formula is C17H17F3N6O3S. The first-order chi connectivity index (χ1) is 14.1. The van der Waals surface area contributed by atoms with E-state index in [4.69, 9.17) is 4.42 Å². The lowest BCUT2D eigenvalue weighted by atomic mass is 10.0. The number of halogens is 3. The Bertz CT molecular complexity index is 1090. The van der Waals surface area contributed by atoms with Gasteiger partial charge in [-0.1, -0.05) is 12.1 Å². The number of nitrogens with zero attached hydrogens (tertiary/aromatic N) is 4. The van der Waals surface area contributed by atoms with Crippen LogP contribution < -0.4 is 10.0 Å². The van der Waals surface area contributed by atoms with Crippen molar-refractivity contribution in [1.82, 2.24) is 24.9 Å². The van der Waals surface area contributed by atoms with E-state index in [1.54, 1.807) is 6.92 Å². The van der Waals surface area contributed by atoms with Crippen LogP contribution in [0.15, 0.2) is 41.1 Å². The molecule has 0 aliphatic carbocycles. The van der Waals surface area contributed by atoms with Crippen LogP contribution >= 0.6 is 0 Å². The van der Waals surface area contributed by atoms with Crippen molar-refractivity contribution >= 4 is 16.0 Å². The third-order valence-electron chi connectivity index (χ3n) is 3.94. The minimum atomic E-state index is -3.52. The molecule has 1 unspecified atom stereocenters. The number of rotatable bonds is 8. The van der Waals surface area contributed by atoms with E-state index in [1.165, 1.54) is 36.7 Å². The van der Waals surface area contributed by atoms with E-state index in [0.29, 0.717) is 5.56 Å². The maximum atomic E-state index is 13.3. The fourth-order valence-corrected chi connectivity index (χ4v) is 3.48. The molecule has 3 aromatic rings. The van der Waals surface area contributed by atoms with E-state index in [0.717, 1.165) is 6.26 Å². The second kappa shape index (κ2) is 8.75. The van der Waals surface area contributed by atoms with Gasteiger partial charge in [-0.3, -0.25) is 0 Å². The van der Waals surface area contributed by atoms with Gasteiger partial charge in [-0.15, -0.1) is 10.2 Å². The minimum Gasteiger partial charge on any atom is -0.415 e. The number of nitrogens with one attached hydrogen (secondary N) is 2.